The Labute approximate surface area is 391 Å². The summed E-state index contributed by atoms with van der Waals surface area (Å²) in [6, 6.07) is 2.49. The molecule has 3 amide bonds. The second kappa shape index (κ2) is 21.2. The summed E-state index contributed by atoms with van der Waals surface area (Å²) >= 11 is 0. The SMILES string of the molecule is Cc1c(C)c(S(=O)(=O)NC(N)=NCCCC[C@H](N)C(=O)NCC(=O)N[C@@H](CC(=O)OC(C)(C)C)C(=O)N[C@@H](Cc2cn(C(=O)OC(C)(C)C)c3ccccc23)C(=O)O)c(C)c2c1OC(C)(C)C2. The van der Waals surface area contributed by atoms with Crippen LogP contribution >= 0.6 is 0 Å². The number of sulfonamides is 1. The van der Waals surface area contributed by atoms with E-state index in [4.69, 9.17) is 25.7 Å². The highest BCUT2D eigenvalue weighted by molar-refractivity contribution is 7.90. The molecule has 21 heteroatoms. The quantitative estimate of drug-likeness (QED) is 0.0417. The molecular weight excluding hydrogens is 889 g/mol. The maximum absolute atomic E-state index is 13.7. The minimum atomic E-state index is -4.09. The third-order valence-electron chi connectivity index (χ3n) is 10.6. The number of esters is 1. The number of ether oxygens (including phenoxy) is 3. The molecule has 2 heterocycles. The van der Waals surface area contributed by atoms with Crippen LogP contribution in [0.15, 0.2) is 40.4 Å². The van der Waals surface area contributed by atoms with Crippen molar-refractivity contribution in [2.24, 2.45) is 16.5 Å². The van der Waals surface area contributed by atoms with Gasteiger partial charge in [0.15, 0.2) is 0 Å². The largest absolute Gasteiger partial charge is 0.487 e. The van der Waals surface area contributed by atoms with Gasteiger partial charge in [-0.1, -0.05) is 18.2 Å². The smallest absolute Gasteiger partial charge is 0.419 e. The molecule has 1 aromatic heterocycles. The lowest BCUT2D eigenvalue weighted by Crippen LogP contribution is -2.55. The summed E-state index contributed by atoms with van der Waals surface area (Å²) in [5, 5.41) is 17.9. The van der Waals surface area contributed by atoms with Crippen molar-refractivity contribution in [3.05, 3.63) is 58.3 Å². The number of nitrogens with two attached hydrogens (primary N) is 2. The zero-order chi connectivity index (χ0) is 50.4. The summed E-state index contributed by atoms with van der Waals surface area (Å²) in [7, 11) is -4.09. The molecule has 20 nitrogen and oxygen atoms in total. The van der Waals surface area contributed by atoms with Crippen LogP contribution in [-0.4, -0.2) is 108 Å². The van der Waals surface area contributed by atoms with Crippen molar-refractivity contribution in [3.63, 3.8) is 0 Å². The van der Waals surface area contributed by atoms with Gasteiger partial charge in [0.2, 0.25) is 23.7 Å². The number of aliphatic imine (C=N–C) groups is 1. The third kappa shape index (κ3) is 14.6. The number of carboxylic acid groups (broad SMARTS) is 1. The molecule has 0 aliphatic carbocycles. The summed E-state index contributed by atoms with van der Waals surface area (Å²) in [6.45, 7) is 18.6. The number of aliphatic carboxylic acids is 1. The molecule has 0 bridgehead atoms. The van der Waals surface area contributed by atoms with Crippen LogP contribution in [0.25, 0.3) is 10.9 Å². The first-order valence-electron chi connectivity index (χ1n) is 21.9. The lowest BCUT2D eigenvalue weighted by Gasteiger charge is -2.24. The van der Waals surface area contributed by atoms with E-state index in [-0.39, 0.29) is 30.2 Å². The Bertz CT molecular complexity index is 2540. The summed E-state index contributed by atoms with van der Waals surface area (Å²) in [5.41, 5.74) is 13.4. The summed E-state index contributed by atoms with van der Waals surface area (Å²) < 4.78 is 47.5. The summed E-state index contributed by atoms with van der Waals surface area (Å²) in [6.07, 6.45) is 1.25. The number of nitrogens with one attached hydrogen (secondary N) is 4. The molecule has 0 saturated heterocycles. The predicted octanol–water partition coefficient (Wildman–Crippen LogP) is 3.30. The van der Waals surface area contributed by atoms with Crippen molar-refractivity contribution in [1.82, 2.24) is 25.2 Å². The van der Waals surface area contributed by atoms with Crippen molar-refractivity contribution in [2.75, 3.05) is 13.1 Å². The van der Waals surface area contributed by atoms with E-state index in [1.165, 1.54) is 10.8 Å². The number of benzene rings is 2. The van der Waals surface area contributed by atoms with E-state index in [9.17, 15) is 42.3 Å². The number of fused-ring (bicyclic) bond motifs is 2. The van der Waals surface area contributed by atoms with Crippen LogP contribution in [0.5, 0.6) is 5.75 Å². The average Bonchev–Trinajstić information content (AvgIpc) is 3.73. The van der Waals surface area contributed by atoms with Crippen molar-refractivity contribution >= 4 is 62.6 Å². The Morgan fingerprint density at radius 2 is 1.55 bits per heavy atom. The third-order valence-corrected chi connectivity index (χ3v) is 12.3. The molecule has 4 rings (SSSR count). The van der Waals surface area contributed by atoms with Gasteiger partial charge in [0, 0.05) is 36.5 Å². The van der Waals surface area contributed by atoms with Crippen LogP contribution in [-0.2, 0) is 56.3 Å². The number of aromatic nitrogens is 1. The molecule has 1 aliphatic heterocycles. The Morgan fingerprint density at radius 1 is 0.910 bits per heavy atom. The number of amides is 3. The van der Waals surface area contributed by atoms with E-state index in [0.717, 1.165) is 11.1 Å². The Hall–Kier alpha value is -6.22. The molecule has 0 saturated carbocycles. The van der Waals surface area contributed by atoms with Gasteiger partial charge in [0.25, 0.3) is 10.0 Å². The van der Waals surface area contributed by atoms with E-state index in [1.807, 2.05) is 20.8 Å². The first kappa shape index (κ1) is 53.4. The van der Waals surface area contributed by atoms with Crippen LogP contribution < -0.4 is 36.9 Å². The van der Waals surface area contributed by atoms with E-state index in [1.54, 1.807) is 79.7 Å². The lowest BCUT2D eigenvalue weighted by molar-refractivity contribution is -0.156. The molecule has 2 aromatic carbocycles. The van der Waals surface area contributed by atoms with Gasteiger partial charge in [-0.25, -0.2) is 22.7 Å². The number of nitrogens with zero attached hydrogens (tertiary/aromatic N) is 2. The number of para-hydroxylation sites is 1. The first-order valence-corrected chi connectivity index (χ1v) is 23.4. The molecule has 9 N–H and O–H groups in total. The van der Waals surface area contributed by atoms with Crippen molar-refractivity contribution in [3.8, 4) is 5.75 Å². The van der Waals surface area contributed by atoms with Gasteiger partial charge >= 0.3 is 18.0 Å². The second-order valence-electron chi connectivity index (χ2n) is 19.3. The Kier molecular flexibility index (Phi) is 16.9. The number of unbranched alkanes of at least 4 members (excludes halogenated alkanes) is 1. The molecule has 0 unspecified atom stereocenters. The van der Waals surface area contributed by atoms with Gasteiger partial charge in [-0.2, -0.15) is 0 Å². The van der Waals surface area contributed by atoms with Crippen LogP contribution in [0.1, 0.15) is 109 Å². The van der Waals surface area contributed by atoms with Gasteiger partial charge in [-0.15, -0.1) is 0 Å². The molecule has 3 aromatic rings. The average molecular weight is 955 g/mol. The number of carbonyl (C=O) groups is 6. The number of rotatable bonds is 18. The minimum absolute atomic E-state index is 0.119. The van der Waals surface area contributed by atoms with E-state index in [2.05, 4.69) is 25.7 Å². The summed E-state index contributed by atoms with van der Waals surface area (Å²) in [5.74, 6) is -4.51. The van der Waals surface area contributed by atoms with Crippen LogP contribution in [0.2, 0.25) is 0 Å². The number of carbonyl (C=O) groups excluding carboxylic acids is 5. The van der Waals surface area contributed by atoms with Gasteiger partial charge in [-0.3, -0.25) is 28.7 Å². The second-order valence-corrected chi connectivity index (χ2v) is 20.9. The van der Waals surface area contributed by atoms with Crippen LogP contribution in [0.3, 0.4) is 0 Å². The highest BCUT2D eigenvalue weighted by atomic mass is 32.2. The molecular formula is C46H66N8O12S. The fourth-order valence-electron chi connectivity index (χ4n) is 7.55. The number of hydrogen-bond donors (Lipinski definition) is 7. The first-order chi connectivity index (χ1) is 30.9. The number of guanidine groups is 1. The van der Waals surface area contributed by atoms with Crippen molar-refractivity contribution < 1.29 is 56.5 Å². The molecule has 1 aliphatic rings. The Balaban J connectivity index is 1.33. The zero-order valence-corrected chi connectivity index (χ0v) is 41.0. The maximum Gasteiger partial charge on any atom is 0.419 e. The van der Waals surface area contributed by atoms with E-state index >= 15 is 0 Å². The fraction of sp³-hybridized carbons (Fsp3) is 0.543. The summed E-state index contributed by atoms with van der Waals surface area (Å²) in [4.78, 5) is 82.3. The van der Waals surface area contributed by atoms with Crippen molar-refractivity contribution in [2.45, 2.75) is 155 Å². The van der Waals surface area contributed by atoms with Gasteiger partial charge in [0.1, 0.15) is 34.6 Å². The van der Waals surface area contributed by atoms with Crippen LogP contribution in [0, 0.1) is 20.8 Å². The number of carboxylic acids is 1. The van der Waals surface area contributed by atoms with E-state index in [0.29, 0.717) is 52.6 Å². The molecule has 0 fully saturated rings. The van der Waals surface area contributed by atoms with Gasteiger partial charge in [0.05, 0.1) is 29.4 Å². The highest BCUT2D eigenvalue weighted by Crippen LogP contribution is 2.43. The minimum Gasteiger partial charge on any atom is -0.487 e. The van der Waals surface area contributed by atoms with Gasteiger partial charge in [-0.05, 0) is 124 Å². The predicted molar refractivity (Wildman–Crippen MR) is 250 cm³/mol. The zero-order valence-electron chi connectivity index (χ0n) is 40.2. The molecule has 368 valence electrons. The number of hydrogen-bond acceptors (Lipinski definition) is 13. The highest BCUT2D eigenvalue weighted by Gasteiger charge is 2.37. The standard InChI is InChI=1S/C46H66N8O12S/c1-25-26(2)38(27(3)30-22-46(10,11)65-37(25)30)67(62,63)53-42(48)49-19-15-14-17-31(47)39(57)50-23-35(55)51-32(21-36(56)64-44(4,5)6)40(58)52-33(41(59)60)20-28-24-54(43(61)66-45(7,8)9)34-18-13-12-16-29(28)34/h12-13,16,18,24,31-33H,14-15,17,19-23,47H2,1-11H3,(H,50,57)(H,51,55)(H,52,58)(H,59,60)(H3,48,49,53)/t31-,32-,33-/m0/s1. The molecule has 0 radical (unpaired) electrons. The fourth-order valence-corrected chi connectivity index (χ4v) is 9.07. The molecule has 67 heavy (non-hydrogen) atoms. The molecule has 0 spiro atoms. The van der Waals surface area contributed by atoms with E-state index < -0.39 is 93.7 Å². The lowest BCUT2D eigenvalue weighted by atomic mass is 9.94. The Morgan fingerprint density at radius 3 is 2.18 bits per heavy atom. The van der Waals surface area contributed by atoms with Crippen LogP contribution in [0.4, 0.5) is 4.79 Å². The molecule has 3 atom stereocenters. The van der Waals surface area contributed by atoms with Gasteiger partial charge < -0.3 is 46.7 Å². The van der Waals surface area contributed by atoms with Crippen molar-refractivity contribution in [1.29, 1.82) is 0 Å². The maximum atomic E-state index is 13.7. The monoisotopic (exact) mass is 954 g/mol. The topological polar surface area (TPSA) is 302 Å². The normalized spacial score (nSPS) is 15.1.